The Bertz CT molecular complexity index is 391. The third-order valence-corrected chi connectivity index (χ3v) is 2.81. The van der Waals surface area contributed by atoms with E-state index in [9.17, 15) is 4.79 Å². The summed E-state index contributed by atoms with van der Waals surface area (Å²) in [5.41, 5.74) is 0.657. The van der Waals surface area contributed by atoms with Gasteiger partial charge in [-0.15, -0.1) is 0 Å². The maximum absolute atomic E-state index is 10.8. The van der Waals surface area contributed by atoms with E-state index in [2.05, 4.69) is 13.8 Å². The SMILES string of the molecule is CC(C)COc1ccc(C(C)(C)CC(=O)O)cc1. The molecule has 0 saturated carbocycles. The summed E-state index contributed by atoms with van der Waals surface area (Å²) in [5.74, 6) is 0.548. The van der Waals surface area contributed by atoms with Crippen LogP contribution in [-0.2, 0) is 10.2 Å². The minimum absolute atomic E-state index is 0.124. The molecule has 0 radical (unpaired) electrons. The molecular weight excluding hydrogens is 228 g/mol. The summed E-state index contributed by atoms with van der Waals surface area (Å²) in [7, 11) is 0. The maximum atomic E-state index is 10.8. The normalized spacial score (nSPS) is 11.6. The van der Waals surface area contributed by atoms with Crippen LogP contribution in [0.3, 0.4) is 0 Å². The van der Waals surface area contributed by atoms with Gasteiger partial charge in [0.15, 0.2) is 0 Å². The lowest BCUT2D eigenvalue weighted by Gasteiger charge is -2.23. The second-order valence-electron chi connectivity index (χ2n) is 5.68. The summed E-state index contributed by atoms with van der Waals surface area (Å²) in [6.07, 6.45) is 0.124. The molecule has 3 nitrogen and oxygen atoms in total. The third-order valence-electron chi connectivity index (χ3n) is 2.81. The largest absolute Gasteiger partial charge is 0.493 e. The van der Waals surface area contributed by atoms with Crippen LogP contribution in [0.1, 0.15) is 39.7 Å². The lowest BCUT2D eigenvalue weighted by molar-refractivity contribution is -0.138. The first kappa shape index (κ1) is 14.6. The van der Waals surface area contributed by atoms with Crippen molar-refractivity contribution < 1.29 is 14.6 Å². The molecule has 0 spiro atoms. The standard InChI is InChI=1S/C15H22O3/c1-11(2)10-18-13-7-5-12(6-8-13)15(3,4)9-14(16)17/h5-8,11H,9-10H2,1-4H3,(H,16,17). The van der Waals surface area contributed by atoms with Crippen LogP contribution in [0.2, 0.25) is 0 Å². The van der Waals surface area contributed by atoms with Crippen molar-refractivity contribution in [3.05, 3.63) is 29.8 Å². The minimum atomic E-state index is -0.778. The molecule has 0 aliphatic rings. The Morgan fingerprint density at radius 3 is 2.28 bits per heavy atom. The van der Waals surface area contributed by atoms with Crippen LogP contribution < -0.4 is 4.74 Å². The van der Waals surface area contributed by atoms with Gasteiger partial charge in [0.1, 0.15) is 5.75 Å². The molecule has 0 aliphatic carbocycles. The molecule has 3 heteroatoms. The van der Waals surface area contributed by atoms with Crippen LogP contribution in [0, 0.1) is 5.92 Å². The van der Waals surface area contributed by atoms with Crippen molar-refractivity contribution in [2.45, 2.75) is 39.5 Å². The van der Waals surface area contributed by atoms with E-state index < -0.39 is 5.97 Å². The Balaban J connectivity index is 2.72. The first-order valence-electron chi connectivity index (χ1n) is 6.26. The number of carboxylic acid groups (broad SMARTS) is 1. The fraction of sp³-hybridized carbons (Fsp3) is 0.533. The van der Waals surface area contributed by atoms with Gasteiger partial charge in [0.25, 0.3) is 0 Å². The van der Waals surface area contributed by atoms with E-state index in [1.54, 1.807) is 0 Å². The maximum Gasteiger partial charge on any atom is 0.304 e. The third kappa shape index (κ3) is 4.40. The van der Waals surface area contributed by atoms with Crippen molar-refractivity contribution in [3.8, 4) is 5.75 Å². The summed E-state index contributed by atoms with van der Waals surface area (Å²) >= 11 is 0. The van der Waals surface area contributed by atoms with Gasteiger partial charge in [-0.25, -0.2) is 0 Å². The number of hydrogen-bond donors (Lipinski definition) is 1. The summed E-state index contributed by atoms with van der Waals surface area (Å²) in [4.78, 5) is 10.8. The Morgan fingerprint density at radius 1 is 1.28 bits per heavy atom. The van der Waals surface area contributed by atoms with Crippen LogP contribution >= 0.6 is 0 Å². The average Bonchev–Trinajstić information content (AvgIpc) is 2.25. The molecular formula is C15H22O3. The highest BCUT2D eigenvalue weighted by Crippen LogP contribution is 2.28. The zero-order valence-electron chi connectivity index (χ0n) is 11.6. The summed E-state index contributed by atoms with van der Waals surface area (Å²) < 4.78 is 5.60. The lowest BCUT2D eigenvalue weighted by Crippen LogP contribution is -2.21. The van der Waals surface area contributed by atoms with Gasteiger partial charge < -0.3 is 9.84 Å². The number of hydrogen-bond acceptors (Lipinski definition) is 2. The topological polar surface area (TPSA) is 46.5 Å². The highest BCUT2D eigenvalue weighted by Gasteiger charge is 2.23. The van der Waals surface area contributed by atoms with Crippen molar-refractivity contribution in [2.75, 3.05) is 6.61 Å². The van der Waals surface area contributed by atoms with E-state index in [4.69, 9.17) is 9.84 Å². The van der Waals surface area contributed by atoms with Crippen molar-refractivity contribution in [1.29, 1.82) is 0 Å². The molecule has 0 unspecified atom stereocenters. The van der Waals surface area contributed by atoms with Gasteiger partial charge in [-0.1, -0.05) is 39.8 Å². The second kappa shape index (κ2) is 5.89. The molecule has 0 heterocycles. The number of rotatable bonds is 6. The summed E-state index contributed by atoms with van der Waals surface area (Å²) in [6, 6.07) is 7.69. The van der Waals surface area contributed by atoms with Gasteiger partial charge in [-0.2, -0.15) is 0 Å². The van der Waals surface area contributed by atoms with Crippen molar-refractivity contribution >= 4 is 5.97 Å². The molecule has 0 fully saturated rings. The van der Waals surface area contributed by atoms with Crippen molar-refractivity contribution in [2.24, 2.45) is 5.92 Å². The molecule has 1 aromatic carbocycles. The Labute approximate surface area is 109 Å². The lowest BCUT2D eigenvalue weighted by atomic mass is 9.82. The molecule has 1 aromatic rings. The Hall–Kier alpha value is -1.51. The smallest absolute Gasteiger partial charge is 0.304 e. The fourth-order valence-corrected chi connectivity index (χ4v) is 1.75. The van der Waals surface area contributed by atoms with E-state index in [0.717, 1.165) is 11.3 Å². The van der Waals surface area contributed by atoms with Gasteiger partial charge in [-0.3, -0.25) is 4.79 Å². The van der Waals surface area contributed by atoms with E-state index in [1.165, 1.54) is 0 Å². The van der Waals surface area contributed by atoms with Crippen molar-refractivity contribution in [3.63, 3.8) is 0 Å². The molecule has 0 aromatic heterocycles. The van der Waals surface area contributed by atoms with Crippen molar-refractivity contribution in [1.82, 2.24) is 0 Å². The zero-order valence-corrected chi connectivity index (χ0v) is 11.6. The molecule has 0 saturated heterocycles. The first-order chi connectivity index (χ1) is 8.31. The van der Waals surface area contributed by atoms with Crippen LogP contribution in [0.5, 0.6) is 5.75 Å². The van der Waals surface area contributed by atoms with E-state index in [0.29, 0.717) is 12.5 Å². The predicted molar refractivity (Wildman–Crippen MR) is 72.1 cm³/mol. The van der Waals surface area contributed by atoms with E-state index in [1.807, 2.05) is 38.1 Å². The molecule has 1 N–H and O–H groups in total. The van der Waals surface area contributed by atoms with Gasteiger partial charge in [-0.05, 0) is 23.6 Å². The number of carboxylic acids is 1. The molecule has 0 amide bonds. The zero-order chi connectivity index (χ0) is 13.8. The minimum Gasteiger partial charge on any atom is -0.493 e. The van der Waals surface area contributed by atoms with Gasteiger partial charge in [0, 0.05) is 5.41 Å². The first-order valence-corrected chi connectivity index (χ1v) is 6.26. The second-order valence-corrected chi connectivity index (χ2v) is 5.68. The van der Waals surface area contributed by atoms with Gasteiger partial charge in [0.05, 0.1) is 13.0 Å². The highest BCUT2D eigenvalue weighted by molar-refractivity contribution is 5.68. The Kier molecular flexibility index (Phi) is 4.76. The summed E-state index contributed by atoms with van der Waals surface area (Å²) in [6.45, 7) is 8.77. The quantitative estimate of drug-likeness (QED) is 0.840. The average molecular weight is 250 g/mol. The van der Waals surface area contributed by atoms with Crippen LogP contribution in [0.15, 0.2) is 24.3 Å². The highest BCUT2D eigenvalue weighted by atomic mass is 16.5. The molecule has 0 bridgehead atoms. The van der Waals surface area contributed by atoms with E-state index >= 15 is 0 Å². The number of aliphatic carboxylic acids is 1. The van der Waals surface area contributed by atoms with Gasteiger partial charge >= 0.3 is 5.97 Å². The van der Waals surface area contributed by atoms with Crippen LogP contribution in [-0.4, -0.2) is 17.7 Å². The monoisotopic (exact) mass is 250 g/mol. The van der Waals surface area contributed by atoms with Gasteiger partial charge in [0.2, 0.25) is 0 Å². The number of benzene rings is 1. The van der Waals surface area contributed by atoms with Crippen LogP contribution in [0.25, 0.3) is 0 Å². The van der Waals surface area contributed by atoms with Crippen LogP contribution in [0.4, 0.5) is 0 Å². The molecule has 1 rings (SSSR count). The molecule has 100 valence electrons. The number of ether oxygens (including phenoxy) is 1. The molecule has 0 atom stereocenters. The fourth-order valence-electron chi connectivity index (χ4n) is 1.75. The predicted octanol–water partition coefficient (Wildman–Crippen LogP) is 3.47. The number of carbonyl (C=O) groups is 1. The molecule has 0 aliphatic heterocycles. The molecule has 18 heavy (non-hydrogen) atoms. The Morgan fingerprint density at radius 2 is 1.83 bits per heavy atom. The van der Waals surface area contributed by atoms with E-state index in [-0.39, 0.29) is 11.8 Å². The summed E-state index contributed by atoms with van der Waals surface area (Å²) in [5, 5.41) is 8.89.